The van der Waals surface area contributed by atoms with Gasteiger partial charge in [0.2, 0.25) is 0 Å². The standard InChI is InChI=1S/C15H14Cl2O3S/c16-10-3-1-2-9(8-10)11(4-7-14(18)19)15(20)12-5-6-13(17)21-12/h1-3,5-6,8,11,15,20H,4,7H2,(H,18,19)/t11-,15?/m0/s1. The highest BCUT2D eigenvalue weighted by molar-refractivity contribution is 7.16. The summed E-state index contributed by atoms with van der Waals surface area (Å²) in [4.78, 5) is 11.6. The molecule has 0 aliphatic heterocycles. The van der Waals surface area contributed by atoms with E-state index in [1.165, 1.54) is 11.3 Å². The minimum absolute atomic E-state index is 0.0205. The van der Waals surface area contributed by atoms with Crippen LogP contribution in [0.15, 0.2) is 36.4 Å². The Kier molecular flexibility index (Phi) is 5.65. The number of hydrogen-bond donors (Lipinski definition) is 2. The summed E-state index contributed by atoms with van der Waals surface area (Å²) in [7, 11) is 0. The van der Waals surface area contributed by atoms with Crippen molar-refractivity contribution in [1.82, 2.24) is 0 Å². The lowest BCUT2D eigenvalue weighted by Crippen LogP contribution is -2.12. The highest BCUT2D eigenvalue weighted by Gasteiger charge is 2.25. The van der Waals surface area contributed by atoms with Gasteiger partial charge in [-0.2, -0.15) is 0 Å². The van der Waals surface area contributed by atoms with Crippen molar-refractivity contribution in [1.29, 1.82) is 0 Å². The van der Waals surface area contributed by atoms with Gasteiger partial charge in [-0.25, -0.2) is 0 Å². The minimum Gasteiger partial charge on any atom is -0.481 e. The second-order valence-electron chi connectivity index (χ2n) is 4.68. The van der Waals surface area contributed by atoms with Gasteiger partial charge in [0.05, 0.1) is 10.4 Å². The zero-order valence-electron chi connectivity index (χ0n) is 11.0. The maximum Gasteiger partial charge on any atom is 0.303 e. The molecule has 1 heterocycles. The monoisotopic (exact) mass is 344 g/mol. The Morgan fingerprint density at radius 2 is 2.00 bits per heavy atom. The first-order valence-electron chi connectivity index (χ1n) is 6.38. The highest BCUT2D eigenvalue weighted by atomic mass is 35.5. The highest BCUT2D eigenvalue weighted by Crippen LogP contribution is 2.39. The lowest BCUT2D eigenvalue weighted by atomic mass is 9.88. The Morgan fingerprint density at radius 3 is 2.57 bits per heavy atom. The molecule has 0 spiro atoms. The van der Waals surface area contributed by atoms with Gasteiger partial charge in [-0.1, -0.05) is 35.3 Å². The van der Waals surface area contributed by atoms with Crippen LogP contribution in [-0.2, 0) is 4.79 Å². The third-order valence-corrected chi connectivity index (χ3v) is 4.75. The topological polar surface area (TPSA) is 57.5 Å². The van der Waals surface area contributed by atoms with Crippen LogP contribution >= 0.6 is 34.5 Å². The molecule has 2 aromatic rings. The molecule has 6 heteroatoms. The van der Waals surface area contributed by atoms with Gasteiger partial charge in [-0.05, 0) is 36.2 Å². The number of aliphatic hydroxyl groups is 1. The van der Waals surface area contributed by atoms with Gasteiger partial charge in [-0.3, -0.25) is 4.79 Å². The van der Waals surface area contributed by atoms with Crippen LogP contribution in [0.3, 0.4) is 0 Å². The Labute approximate surface area is 136 Å². The summed E-state index contributed by atoms with van der Waals surface area (Å²) in [6.07, 6.45) is -0.500. The van der Waals surface area contributed by atoms with Crippen molar-refractivity contribution in [3.05, 3.63) is 56.2 Å². The smallest absolute Gasteiger partial charge is 0.303 e. The second kappa shape index (κ2) is 7.27. The first-order valence-corrected chi connectivity index (χ1v) is 7.95. The van der Waals surface area contributed by atoms with Crippen LogP contribution < -0.4 is 0 Å². The molecule has 2 atom stereocenters. The summed E-state index contributed by atoms with van der Waals surface area (Å²) in [5, 5.41) is 20.0. The van der Waals surface area contributed by atoms with E-state index in [0.29, 0.717) is 15.8 Å². The van der Waals surface area contributed by atoms with Crippen molar-refractivity contribution in [2.45, 2.75) is 24.9 Å². The number of carboxylic acid groups (broad SMARTS) is 1. The van der Waals surface area contributed by atoms with Crippen LogP contribution in [-0.4, -0.2) is 16.2 Å². The molecule has 3 nitrogen and oxygen atoms in total. The molecule has 1 aromatic heterocycles. The average Bonchev–Trinajstić information content (AvgIpc) is 2.85. The molecule has 1 aromatic carbocycles. The number of thiophene rings is 1. The van der Waals surface area contributed by atoms with Crippen LogP contribution in [0.25, 0.3) is 0 Å². The molecule has 1 unspecified atom stereocenters. The fourth-order valence-corrected chi connectivity index (χ4v) is 3.52. The van der Waals surface area contributed by atoms with Gasteiger partial charge >= 0.3 is 5.97 Å². The average molecular weight is 345 g/mol. The SMILES string of the molecule is O=C(O)CC[C@@H](c1cccc(Cl)c1)C(O)c1ccc(Cl)s1. The van der Waals surface area contributed by atoms with E-state index in [9.17, 15) is 9.90 Å². The summed E-state index contributed by atoms with van der Waals surface area (Å²) in [5.74, 6) is -1.23. The lowest BCUT2D eigenvalue weighted by Gasteiger charge is -2.22. The summed E-state index contributed by atoms with van der Waals surface area (Å²) < 4.78 is 0.590. The molecule has 0 amide bonds. The van der Waals surface area contributed by atoms with E-state index < -0.39 is 12.1 Å². The fourth-order valence-electron chi connectivity index (χ4n) is 2.21. The number of carbonyl (C=O) groups is 1. The quantitative estimate of drug-likeness (QED) is 0.795. The van der Waals surface area contributed by atoms with Crippen molar-refractivity contribution in [3.63, 3.8) is 0 Å². The van der Waals surface area contributed by atoms with Crippen LogP contribution in [0.4, 0.5) is 0 Å². The van der Waals surface area contributed by atoms with E-state index in [2.05, 4.69) is 0 Å². The molecule has 0 aliphatic carbocycles. The van der Waals surface area contributed by atoms with E-state index in [1.807, 2.05) is 6.07 Å². The number of aliphatic carboxylic acids is 1. The summed E-state index contributed by atoms with van der Waals surface area (Å²) in [6, 6.07) is 10.6. The van der Waals surface area contributed by atoms with Gasteiger partial charge in [0.15, 0.2) is 0 Å². The van der Waals surface area contributed by atoms with Crippen LogP contribution in [0.5, 0.6) is 0 Å². The van der Waals surface area contributed by atoms with E-state index in [1.54, 1.807) is 30.3 Å². The molecule has 0 saturated carbocycles. The number of hydrogen-bond acceptors (Lipinski definition) is 3. The Balaban J connectivity index is 2.28. The third kappa shape index (κ3) is 4.45. The molecule has 0 bridgehead atoms. The first-order chi connectivity index (χ1) is 9.97. The molecule has 0 aliphatic rings. The Bertz CT molecular complexity index is 627. The number of halogens is 2. The molecular formula is C15H14Cl2O3S. The van der Waals surface area contributed by atoms with Crippen LogP contribution in [0, 0.1) is 0 Å². The molecule has 2 rings (SSSR count). The van der Waals surface area contributed by atoms with Crippen molar-refractivity contribution in [2.24, 2.45) is 0 Å². The predicted octanol–water partition coefficient (Wildman–Crippen LogP) is 4.74. The van der Waals surface area contributed by atoms with E-state index in [-0.39, 0.29) is 12.3 Å². The predicted molar refractivity (Wildman–Crippen MR) is 85.4 cm³/mol. The fraction of sp³-hybridized carbons (Fsp3) is 0.267. The molecular weight excluding hydrogens is 331 g/mol. The zero-order chi connectivity index (χ0) is 15.4. The van der Waals surface area contributed by atoms with Crippen molar-refractivity contribution >= 4 is 40.5 Å². The van der Waals surface area contributed by atoms with Crippen molar-refractivity contribution in [2.75, 3.05) is 0 Å². The molecule has 2 N–H and O–H groups in total. The third-order valence-electron chi connectivity index (χ3n) is 3.21. The Morgan fingerprint density at radius 1 is 1.24 bits per heavy atom. The molecule has 0 radical (unpaired) electrons. The zero-order valence-corrected chi connectivity index (χ0v) is 13.3. The first kappa shape index (κ1) is 16.3. The summed E-state index contributed by atoms with van der Waals surface area (Å²) in [6.45, 7) is 0. The lowest BCUT2D eigenvalue weighted by molar-refractivity contribution is -0.137. The maximum absolute atomic E-state index is 10.8. The number of carboxylic acids is 1. The molecule has 21 heavy (non-hydrogen) atoms. The number of benzene rings is 1. The number of rotatable bonds is 6. The van der Waals surface area contributed by atoms with Gasteiger partial charge in [0, 0.05) is 22.2 Å². The van der Waals surface area contributed by atoms with Gasteiger partial charge in [0.25, 0.3) is 0 Å². The van der Waals surface area contributed by atoms with Crippen molar-refractivity contribution < 1.29 is 15.0 Å². The normalized spacial score (nSPS) is 13.9. The van der Waals surface area contributed by atoms with E-state index in [4.69, 9.17) is 28.3 Å². The van der Waals surface area contributed by atoms with Gasteiger partial charge in [-0.15, -0.1) is 11.3 Å². The van der Waals surface area contributed by atoms with E-state index in [0.717, 1.165) is 10.4 Å². The minimum atomic E-state index is -0.890. The van der Waals surface area contributed by atoms with Crippen LogP contribution in [0.2, 0.25) is 9.36 Å². The molecule has 112 valence electrons. The largest absolute Gasteiger partial charge is 0.481 e. The molecule has 0 fully saturated rings. The van der Waals surface area contributed by atoms with Gasteiger partial charge in [0.1, 0.15) is 0 Å². The molecule has 0 saturated heterocycles. The summed E-state index contributed by atoms with van der Waals surface area (Å²) in [5.41, 5.74) is 0.820. The second-order valence-corrected chi connectivity index (χ2v) is 6.86. The number of aliphatic hydroxyl groups excluding tert-OH is 1. The van der Waals surface area contributed by atoms with E-state index >= 15 is 0 Å². The van der Waals surface area contributed by atoms with Gasteiger partial charge < -0.3 is 10.2 Å². The van der Waals surface area contributed by atoms with Crippen molar-refractivity contribution in [3.8, 4) is 0 Å². The maximum atomic E-state index is 10.8. The Hall–Kier alpha value is -1.07. The van der Waals surface area contributed by atoms with Crippen LogP contribution in [0.1, 0.15) is 35.3 Å². The summed E-state index contributed by atoms with van der Waals surface area (Å²) >= 11 is 13.2.